The summed E-state index contributed by atoms with van der Waals surface area (Å²) in [6.45, 7) is 27.5. The molecule has 0 aromatic heterocycles. The van der Waals surface area contributed by atoms with E-state index in [9.17, 15) is 0 Å². The Morgan fingerprint density at radius 1 is 0.784 bits per heavy atom. The van der Waals surface area contributed by atoms with Gasteiger partial charge in [0.05, 0.1) is 0 Å². The number of fused-ring (bicyclic) bond motifs is 2. The maximum absolute atomic E-state index is 2.72. The average Bonchev–Trinajstić information content (AvgIpc) is 3.23. The van der Waals surface area contributed by atoms with Crippen LogP contribution in [0.5, 0.6) is 0 Å². The molecule has 0 N–H and O–H groups in total. The van der Waals surface area contributed by atoms with Crippen molar-refractivity contribution < 1.29 is 20.4 Å². The van der Waals surface area contributed by atoms with Gasteiger partial charge in [-0.05, 0) is 0 Å². The summed E-state index contributed by atoms with van der Waals surface area (Å²) in [6.07, 6.45) is 2.55. The summed E-state index contributed by atoms with van der Waals surface area (Å²) in [5.41, 5.74) is 14.5. The van der Waals surface area contributed by atoms with E-state index in [0.29, 0.717) is 11.8 Å². The van der Waals surface area contributed by atoms with Crippen LogP contribution in [0.25, 0.3) is 3.28 Å². The normalized spacial score (nSPS) is 24.0. The van der Waals surface area contributed by atoms with Gasteiger partial charge in [0.1, 0.15) is 0 Å². The van der Waals surface area contributed by atoms with Gasteiger partial charge in [-0.15, -0.1) is 0 Å². The van der Waals surface area contributed by atoms with Gasteiger partial charge in [0, 0.05) is 0 Å². The molecule has 0 saturated heterocycles. The summed E-state index contributed by atoms with van der Waals surface area (Å²) >= 11 is -2.15. The van der Waals surface area contributed by atoms with Crippen LogP contribution >= 0.6 is 0 Å². The zero-order valence-electron chi connectivity index (χ0n) is 25.1. The molecule has 0 nitrogen and oxygen atoms in total. The number of allylic oxidation sites excluding steroid dienone is 5. The van der Waals surface area contributed by atoms with Gasteiger partial charge in [0.2, 0.25) is 0 Å². The molecular weight excluding hydrogens is 540 g/mol. The summed E-state index contributed by atoms with van der Waals surface area (Å²) in [6, 6.07) is 16.8. The Morgan fingerprint density at radius 3 is 1.86 bits per heavy atom. The molecule has 0 spiro atoms. The van der Waals surface area contributed by atoms with Crippen LogP contribution in [0.1, 0.15) is 109 Å². The molecule has 2 aromatic carbocycles. The average molecular weight is 586 g/mol. The Labute approximate surface area is 234 Å². The minimum absolute atomic E-state index is 0.237. The number of rotatable bonds is 3. The van der Waals surface area contributed by atoms with Crippen LogP contribution < -0.4 is 0 Å². The maximum atomic E-state index is 2.72. The third kappa shape index (κ3) is 4.24. The van der Waals surface area contributed by atoms with Crippen molar-refractivity contribution in [3.63, 3.8) is 0 Å². The fraction of sp³-hybridized carbons (Fsp3) is 0.486. The van der Waals surface area contributed by atoms with Crippen molar-refractivity contribution in [3.05, 3.63) is 95.9 Å². The predicted molar refractivity (Wildman–Crippen MR) is 160 cm³/mol. The fourth-order valence-electron chi connectivity index (χ4n) is 7.50. The zero-order valence-corrected chi connectivity index (χ0v) is 28.6. The van der Waals surface area contributed by atoms with Crippen LogP contribution in [0.4, 0.5) is 0 Å². The first-order valence-electron chi connectivity index (χ1n) is 14.3. The van der Waals surface area contributed by atoms with Crippen LogP contribution in [0.2, 0.25) is 13.1 Å². The second kappa shape index (κ2) is 9.45. The monoisotopic (exact) mass is 584 g/mol. The molecular formula is C35H46SiZr. The minimum atomic E-state index is -2.15. The Morgan fingerprint density at radius 2 is 1.35 bits per heavy atom. The molecule has 0 fully saturated rings. The van der Waals surface area contributed by atoms with Gasteiger partial charge in [-0.3, -0.25) is 0 Å². The summed E-state index contributed by atoms with van der Waals surface area (Å²) in [4.78, 5) is 0. The quantitative estimate of drug-likeness (QED) is 0.314. The first-order chi connectivity index (χ1) is 17.3. The molecule has 2 heteroatoms. The molecule has 3 aliphatic rings. The summed E-state index contributed by atoms with van der Waals surface area (Å²) in [7, 11) is 0. The molecule has 0 amide bonds. The SMILES string of the molecule is CC1=C(C)C(C)[C]([Zr]([C]2=C(C)C(c3ccccc3)c3cc4c(cc32)C(C)(C)CCC4(C)C)=[Si](C)C)=C1C. The first-order valence-corrected chi connectivity index (χ1v) is 22.9. The van der Waals surface area contributed by atoms with Crippen molar-refractivity contribution in [1.82, 2.24) is 0 Å². The van der Waals surface area contributed by atoms with E-state index in [4.69, 9.17) is 0 Å². The topological polar surface area (TPSA) is 0 Å². The van der Waals surface area contributed by atoms with E-state index in [2.05, 4.69) is 118 Å². The molecule has 0 heterocycles. The Kier molecular flexibility index (Phi) is 6.98. The second-order valence-corrected chi connectivity index (χ2v) is 30.3. The van der Waals surface area contributed by atoms with Gasteiger partial charge in [-0.1, -0.05) is 0 Å². The summed E-state index contributed by atoms with van der Waals surface area (Å²) < 4.78 is 3.76. The molecule has 2 unspecified atom stereocenters. The first kappa shape index (κ1) is 27.3. The van der Waals surface area contributed by atoms with Crippen molar-refractivity contribution in [1.29, 1.82) is 0 Å². The summed E-state index contributed by atoms with van der Waals surface area (Å²) in [5.74, 6) is 1.03. The molecule has 2 atom stereocenters. The van der Waals surface area contributed by atoms with Gasteiger partial charge in [-0.25, -0.2) is 0 Å². The molecule has 5 rings (SSSR count). The van der Waals surface area contributed by atoms with Gasteiger partial charge in [0.25, 0.3) is 0 Å². The van der Waals surface area contributed by atoms with Crippen LogP contribution in [0, 0.1) is 5.92 Å². The molecule has 0 bridgehead atoms. The van der Waals surface area contributed by atoms with Crippen molar-refractivity contribution in [2.24, 2.45) is 5.92 Å². The van der Waals surface area contributed by atoms with Gasteiger partial charge in [-0.2, -0.15) is 0 Å². The van der Waals surface area contributed by atoms with E-state index in [0.717, 1.165) is 0 Å². The molecule has 3 aliphatic carbocycles. The van der Waals surface area contributed by atoms with E-state index in [1.165, 1.54) is 18.4 Å². The third-order valence-corrected chi connectivity index (χ3v) is 27.8. The van der Waals surface area contributed by atoms with Crippen LogP contribution in [-0.4, -0.2) is 5.43 Å². The van der Waals surface area contributed by atoms with E-state index in [1.54, 1.807) is 44.5 Å². The van der Waals surface area contributed by atoms with Crippen molar-refractivity contribution >= 4 is 8.71 Å². The zero-order chi connectivity index (χ0) is 27.0. The van der Waals surface area contributed by atoms with Crippen molar-refractivity contribution in [3.8, 4) is 0 Å². The van der Waals surface area contributed by atoms with Crippen molar-refractivity contribution in [2.45, 2.75) is 105 Å². The van der Waals surface area contributed by atoms with E-state index >= 15 is 0 Å². The summed E-state index contributed by atoms with van der Waals surface area (Å²) in [5, 5.41) is 0. The predicted octanol–water partition coefficient (Wildman–Crippen LogP) is 10.0. The van der Waals surface area contributed by atoms with Gasteiger partial charge in [0.15, 0.2) is 0 Å². The molecule has 0 aliphatic heterocycles. The molecule has 37 heavy (non-hydrogen) atoms. The van der Waals surface area contributed by atoms with Gasteiger partial charge < -0.3 is 0 Å². The Bertz CT molecular complexity index is 1420. The Hall–Kier alpha value is -1.24. The molecule has 2 aromatic rings. The van der Waals surface area contributed by atoms with Crippen molar-refractivity contribution in [2.75, 3.05) is 0 Å². The van der Waals surface area contributed by atoms with E-state index in [-0.39, 0.29) is 10.8 Å². The van der Waals surface area contributed by atoms with Crippen LogP contribution in [0.15, 0.2) is 68.0 Å². The molecule has 0 saturated carbocycles. The fourth-order valence-corrected chi connectivity index (χ4v) is 26.7. The van der Waals surface area contributed by atoms with E-state index in [1.807, 2.05) is 6.56 Å². The van der Waals surface area contributed by atoms with Crippen LogP contribution in [0.3, 0.4) is 0 Å². The number of benzene rings is 2. The van der Waals surface area contributed by atoms with Gasteiger partial charge >= 0.3 is 236 Å². The molecule has 0 radical (unpaired) electrons. The number of hydrogen-bond donors (Lipinski definition) is 0. The standard InChI is InChI=1S/C24H27.C9H13.C2H6Si.Zr/c1-16-13-18-14-20-21(24(4,5)12-11-23(20,2)3)15-19(18)22(16)17-9-7-6-8-10-17;1-6-5-7(2)9(4)8(6)3;1-3-2;/h6-10,14-15,22H,11-12H2,1-5H3;6H,1-4H3;1-2H3;. The Balaban J connectivity index is 1.84. The third-order valence-electron chi connectivity index (χ3n) is 10.2. The second-order valence-electron chi connectivity index (χ2n) is 13.6. The molecule has 194 valence electrons. The number of hydrogen-bond acceptors (Lipinski definition) is 0. The van der Waals surface area contributed by atoms with Crippen LogP contribution in [-0.2, 0) is 31.2 Å². The van der Waals surface area contributed by atoms with E-state index < -0.39 is 25.8 Å².